The van der Waals surface area contributed by atoms with Gasteiger partial charge in [0, 0.05) is 25.3 Å². The van der Waals surface area contributed by atoms with Gasteiger partial charge in [-0.25, -0.2) is 0 Å². The normalized spacial score (nSPS) is 15.5. The second-order valence-corrected chi connectivity index (χ2v) is 6.79. The van der Waals surface area contributed by atoms with Crippen molar-refractivity contribution in [2.24, 2.45) is 5.92 Å². The molecule has 0 atom stereocenters. The topological polar surface area (TPSA) is 50.3 Å². The van der Waals surface area contributed by atoms with Gasteiger partial charge in [-0.1, -0.05) is 13.8 Å². The van der Waals surface area contributed by atoms with Crippen molar-refractivity contribution in [2.75, 3.05) is 31.2 Å². The zero-order valence-corrected chi connectivity index (χ0v) is 14.5. The summed E-state index contributed by atoms with van der Waals surface area (Å²) < 4.78 is 7.58. The van der Waals surface area contributed by atoms with Crippen LogP contribution in [0.15, 0.2) is 23.0 Å². The number of anilines is 1. The van der Waals surface area contributed by atoms with Gasteiger partial charge in [-0.3, -0.25) is 9.36 Å². The SMILES string of the molecule is CC(C)CCn1c(=S)[nH]c2ccc(N3CCOCC3)cc2c1=O. The molecule has 2 aromatic rings. The quantitative estimate of drug-likeness (QED) is 0.874. The summed E-state index contributed by atoms with van der Waals surface area (Å²) in [7, 11) is 0. The molecule has 6 heteroatoms. The van der Waals surface area contributed by atoms with E-state index in [0.717, 1.165) is 43.9 Å². The monoisotopic (exact) mass is 333 g/mol. The van der Waals surface area contributed by atoms with E-state index in [2.05, 4.69) is 23.7 Å². The largest absolute Gasteiger partial charge is 0.378 e. The molecule has 0 unspecified atom stereocenters. The molecule has 1 aromatic carbocycles. The van der Waals surface area contributed by atoms with Crippen molar-refractivity contribution in [1.29, 1.82) is 0 Å². The van der Waals surface area contributed by atoms with Crippen LogP contribution in [0.4, 0.5) is 5.69 Å². The Morgan fingerprint density at radius 3 is 2.74 bits per heavy atom. The number of fused-ring (bicyclic) bond motifs is 1. The zero-order valence-electron chi connectivity index (χ0n) is 13.7. The fourth-order valence-electron chi connectivity index (χ4n) is 2.85. The van der Waals surface area contributed by atoms with Crippen LogP contribution in [0.5, 0.6) is 0 Å². The van der Waals surface area contributed by atoms with Crippen molar-refractivity contribution < 1.29 is 4.74 Å². The van der Waals surface area contributed by atoms with E-state index in [9.17, 15) is 4.79 Å². The fourth-order valence-corrected chi connectivity index (χ4v) is 3.13. The maximum atomic E-state index is 12.8. The number of nitrogens with zero attached hydrogens (tertiary/aromatic N) is 2. The van der Waals surface area contributed by atoms with Crippen LogP contribution in [-0.2, 0) is 11.3 Å². The van der Waals surface area contributed by atoms with Crippen molar-refractivity contribution in [1.82, 2.24) is 9.55 Å². The van der Waals surface area contributed by atoms with Crippen molar-refractivity contribution in [2.45, 2.75) is 26.8 Å². The minimum Gasteiger partial charge on any atom is -0.378 e. The number of H-pyrrole nitrogens is 1. The van der Waals surface area contributed by atoms with Crippen LogP contribution in [0.25, 0.3) is 10.9 Å². The van der Waals surface area contributed by atoms with Crippen molar-refractivity contribution in [3.05, 3.63) is 33.3 Å². The minimum atomic E-state index is -0.000454. The van der Waals surface area contributed by atoms with Gasteiger partial charge in [-0.05, 0) is 42.8 Å². The molecule has 0 radical (unpaired) electrons. The van der Waals surface area contributed by atoms with Gasteiger partial charge in [0.15, 0.2) is 4.77 Å². The lowest BCUT2D eigenvalue weighted by atomic mass is 10.1. The molecule has 0 spiro atoms. The third-order valence-electron chi connectivity index (χ3n) is 4.27. The number of ether oxygens (including phenoxy) is 1. The van der Waals surface area contributed by atoms with Gasteiger partial charge in [0.05, 0.1) is 24.1 Å². The average Bonchev–Trinajstić information content (AvgIpc) is 2.55. The Morgan fingerprint density at radius 1 is 1.30 bits per heavy atom. The Kier molecular flexibility index (Phi) is 4.82. The molecule has 23 heavy (non-hydrogen) atoms. The van der Waals surface area contributed by atoms with Crippen molar-refractivity contribution in [3.63, 3.8) is 0 Å². The van der Waals surface area contributed by atoms with E-state index in [1.165, 1.54) is 0 Å². The molecule has 124 valence electrons. The Bertz CT molecular complexity index is 804. The number of nitrogens with one attached hydrogen (secondary N) is 1. The molecule has 1 aliphatic heterocycles. The zero-order chi connectivity index (χ0) is 16.4. The molecular weight excluding hydrogens is 310 g/mol. The lowest BCUT2D eigenvalue weighted by molar-refractivity contribution is 0.122. The Balaban J connectivity index is 2.03. The molecule has 3 rings (SSSR count). The third-order valence-corrected chi connectivity index (χ3v) is 4.59. The first kappa shape index (κ1) is 16.2. The molecule has 0 amide bonds. The summed E-state index contributed by atoms with van der Waals surface area (Å²) in [5, 5.41) is 0.700. The third kappa shape index (κ3) is 3.48. The first-order valence-corrected chi connectivity index (χ1v) is 8.56. The van der Waals surface area contributed by atoms with Crippen LogP contribution in [0, 0.1) is 10.7 Å². The molecule has 0 saturated carbocycles. The Morgan fingerprint density at radius 2 is 2.04 bits per heavy atom. The molecule has 5 nitrogen and oxygen atoms in total. The summed E-state index contributed by atoms with van der Waals surface area (Å²) in [6, 6.07) is 5.96. The number of aromatic amines is 1. The summed E-state index contributed by atoms with van der Waals surface area (Å²) in [5.41, 5.74) is 1.87. The highest BCUT2D eigenvalue weighted by molar-refractivity contribution is 7.71. The summed E-state index contributed by atoms with van der Waals surface area (Å²) in [6.45, 7) is 8.13. The Hall–Kier alpha value is -1.66. The molecule has 2 heterocycles. The summed E-state index contributed by atoms with van der Waals surface area (Å²) >= 11 is 5.36. The van der Waals surface area contributed by atoms with Gasteiger partial charge in [0.25, 0.3) is 5.56 Å². The maximum absolute atomic E-state index is 12.8. The van der Waals surface area contributed by atoms with Crippen LogP contribution >= 0.6 is 12.2 Å². The smallest absolute Gasteiger partial charge is 0.262 e. The van der Waals surface area contributed by atoms with Crippen LogP contribution < -0.4 is 10.5 Å². The fraction of sp³-hybridized carbons (Fsp3) is 0.529. The highest BCUT2D eigenvalue weighted by Gasteiger charge is 2.13. The van der Waals surface area contributed by atoms with Gasteiger partial charge >= 0.3 is 0 Å². The number of hydrogen-bond donors (Lipinski definition) is 1. The predicted molar refractivity (Wildman–Crippen MR) is 95.9 cm³/mol. The van der Waals surface area contributed by atoms with E-state index < -0.39 is 0 Å². The lowest BCUT2D eigenvalue weighted by Gasteiger charge is -2.29. The standard InChI is InChI=1S/C17H23N3O2S/c1-12(2)5-6-20-16(21)14-11-13(19-7-9-22-10-8-19)3-4-15(14)18-17(20)23/h3-4,11-12H,5-10H2,1-2H3,(H,18,23). The van der Waals surface area contributed by atoms with Crippen molar-refractivity contribution >= 4 is 28.8 Å². The molecule has 1 aromatic heterocycles. The summed E-state index contributed by atoms with van der Waals surface area (Å²) in [4.78, 5) is 18.3. The minimum absolute atomic E-state index is 0.000454. The number of hydrogen-bond acceptors (Lipinski definition) is 4. The number of benzene rings is 1. The van der Waals surface area contributed by atoms with Crippen molar-refractivity contribution in [3.8, 4) is 0 Å². The maximum Gasteiger partial charge on any atom is 0.262 e. The lowest BCUT2D eigenvalue weighted by Crippen LogP contribution is -2.36. The van der Waals surface area contributed by atoms with Gasteiger partial charge in [0.2, 0.25) is 0 Å². The highest BCUT2D eigenvalue weighted by atomic mass is 32.1. The van der Waals surface area contributed by atoms with E-state index in [1.807, 2.05) is 18.2 Å². The Labute approximate surface area is 140 Å². The van der Waals surface area contributed by atoms with E-state index in [-0.39, 0.29) is 5.56 Å². The van der Waals surface area contributed by atoms with Crippen LogP contribution in [0.3, 0.4) is 0 Å². The molecule has 0 aliphatic carbocycles. The second kappa shape index (κ2) is 6.84. The predicted octanol–water partition coefficient (Wildman–Crippen LogP) is 2.94. The van der Waals surface area contributed by atoms with E-state index >= 15 is 0 Å². The van der Waals surface area contributed by atoms with Gasteiger partial charge in [-0.2, -0.15) is 0 Å². The van der Waals surface area contributed by atoms with E-state index in [4.69, 9.17) is 17.0 Å². The molecule has 0 bridgehead atoms. The van der Waals surface area contributed by atoms with Crippen LogP contribution in [0.1, 0.15) is 20.3 Å². The molecule has 1 saturated heterocycles. The molecular formula is C17H23N3O2S. The molecule has 1 N–H and O–H groups in total. The summed E-state index contributed by atoms with van der Waals surface area (Å²) in [6.07, 6.45) is 0.937. The van der Waals surface area contributed by atoms with Gasteiger partial charge in [0.1, 0.15) is 0 Å². The first-order valence-electron chi connectivity index (χ1n) is 8.16. The average molecular weight is 333 g/mol. The van der Waals surface area contributed by atoms with Gasteiger partial charge in [-0.15, -0.1) is 0 Å². The van der Waals surface area contributed by atoms with Crippen LogP contribution in [0.2, 0.25) is 0 Å². The number of morpholine rings is 1. The number of aromatic nitrogens is 2. The molecule has 1 fully saturated rings. The first-order chi connectivity index (χ1) is 11.1. The highest BCUT2D eigenvalue weighted by Crippen LogP contribution is 2.20. The number of rotatable bonds is 4. The summed E-state index contributed by atoms with van der Waals surface area (Å²) in [5.74, 6) is 0.534. The van der Waals surface area contributed by atoms with Gasteiger partial charge < -0.3 is 14.6 Å². The van der Waals surface area contributed by atoms with E-state index in [1.54, 1.807) is 4.57 Å². The second-order valence-electron chi connectivity index (χ2n) is 6.40. The van der Waals surface area contributed by atoms with E-state index in [0.29, 0.717) is 22.6 Å². The molecule has 1 aliphatic rings. The van der Waals surface area contributed by atoms with Crippen LogP contribution in [-0.4, -0.2) is 35.9 Å².